The second kappa shape index (κ2) is 6.41. The fourth-order valence-corrected chi connectivity index (χ4v) is 3.16. The lowest BCUT2D eigenvalue weighted by molar-refractivity contribution is -0.385. The number of nitrogens with zero attached hydrogens (tertiary/aromatic N) is 8. The Morgan fingerprint density at radius 3 is 1.77 bits per heavy atom. The summed E-state index contributed by atoms with van der Waals surface area (Å²) in [5, 5.41) is 38.6. The van der Waals surface area contributed by atoms with Crippen LogP contribution < -0.4 is 0 Å². The smallest absolute Gasteiger partial charge is 0.267 e. The van der Waals surface area contributed by atoms with Gasteiger partial charge < -0.3 is 0 Å². The van der Waals surface area contributed by atoms with E-state index < -0.39 is 9.85 Å². The van der Waals surface area contributed by atoms with Crippen LogP contribution in [0.15, 0.2) is 60.8 Å². The number of nitro benzene ring substituents is 2. The molecule has 0 saturated carbocycles. The molecule has 0 amide bonds. The van der Waals surface area contributed by atoms with Crippen molar-refractivity contribution in [1.29, 1.82) is 0 Å². The number of hydrogen-bond donors (Lipinski definition) is 0. The normalized spacial score (nSPS) is 11.2. The van der Waals surface area contributed by atoms with Gasteiger partial charge in [-0.25, -0.2) is 4.40 Å². The highest BCUT2D eigenvalue weighted by Gasteiger charge is 2.17. The van der Waals surface area contributed by atoms with Crippen molar-refractivity contribution in [2.45, 2.75) is 0 Å². The predicted molar refractivity (Wildman–Crippen MR) is 104 cm³/mol. The largest absolute Gasteiger partial charge is 0.269 e. The second-order valence-electron chi connectivity index (χ2n) is 6.33. The van der Waals surface area contributed by atoms with Crippen molar-refractivity contribution in [3.63, 3.8) is 0 Å². The van der Waals surface area contributed by atoms with Crippen LogP contribution in [0.2, 0.25) is 0 Å². The Morgan fingerprint density at radius 1 is 0.667 bits per heavy atom. The molecule has 0 aliphatic heterocycles. The van der Waals surface area contributed by atoms with Gasteiger partial charge in [0.2, 0.25) is 5.78 Å². The molecule has 0 aliphatic rings. The first-order valence-corrected chi connectivity index (χ1v) is 8.61. The Bertz CT molecular complexity index is 1440. The zero-order valence-corrected chi connectivity index (χ0v) is 15.0. The molecule has 0 unspecified atom stereocenters. The van der Waals surface area contributed by atoms with Crippen LogP contribution in [0.4, 0.5) is 11.4 Å². The van der Waals surface area contributed by atoms with Crippen molar-refractivity contribution in [1.82, 2.24) is 29.2 Å². The zero-order chi connectivity index (χ0) is 20.8. The Labute approximate surface area is 166 Å². The molecule has 0 spiro atoms. The Morgan fingerprint density at radius 2 is 1.20 bits per heavy atom. The van der Waals surface area contributed by atoms with E-state index in [4.69, 9.17) is 0 Å². The minimum Gasteiger partial charge on any atom is -0.267 e. The summed E-state index contributed by atoms with van der Waals surface area (Å²) in [5.41, 5.74) is 1.76. The average molecular weight is 402 g/mol. The van der Waals surface area contributed by atoms with Crippen LogP contribution in [0.25, 0.3) is 34.2 Å². The van der Waals surface area contributed by atoms with Gasteiger partial charge in [0.05, 0.1) is 9.85 Å². The maximum Gasteiger partial charge on any atom is 0.269 e. The molecule has 3 aromatic heterocycles. The Balaban J connectivity index is 1.66. The molecule has 12 heteroatoms. The minimum atomic E-state index is -0.473. The minimum absolute atomic E-state index is 0.0192. The van der Waals surface area contributed by atoms with Crippen LogP contribution >= 0.6 is 0 Å². The van der Waals surface area contributed by atoms with Gasteiger partial charge in [-0.1, -0.05) is 0 Å². The molecule has 30 heavy (non-hydrogen) atoms. The molecule has 5 aromatic rings. The quantitative estimate of drug-likeness (QED) is 0.329. The maximum absolute atomic E-state index is 10.9. The molecule has 0 saturated heterocycles. The van der Waals surface area contributed by atoms with E-state index in [1.54, 1.807) is 45.3 Å². The molecule has 0 bridgehead atoms. The molecule has 2 aromatic carbocycles. The summed E-state index contributed by atoms with van der Waals surface area (Å²) in [4.78, 5) is 20.8. The summed E-state index contributed by atoms with van der Waals surface area (Å²) >= 11 is 0. The molecule has 0 aliphatic carbocycles. The highest BCUT2D eigenvalue weighted by Crippen LogP contribution is 2.25. The van der Waals surface area contributed by atoms with Gasteiger partial charge in [-0.15, -0.1) is 20.4 Å². The van der Waals surface area contributed by atoms with E-state index in [9.17, 15) is 20.2 Å². The zero-order valence-electron chi connectivity index (χ0n) is 15.0. The Kier molecular flexibility index (Phi) is 3.71. The van der Waals surface area contributed by atoms with Crippen molar-refractivity contribution in [2.24, 2.45) is 0 Å². The van der Waals surface area contributed by atoms with Gasteiger partial charge in [-0.05, 0) is 24.3 Å². The number of non-ortho nitro benzene ring substituents is 2. The van der Waals surface area contributed by atoms with Crippen LogP contribution in [0, 0.1) is 20.2 Å². The molecule has 3 heterocycles. The van der Waals surface area contributed by atoms with Crippen molar-refractivity contribution in [3.8, 4) is 22.8 Å². The molecule has 5 rings (SSSR count). The molecule has 0 atom stereocenters. The lowest BCUT2D eigenvalue weighted by Gasteiger charge is -2.03. The fraction of sp³-hybridized carbons (Fsp3) is 0. The number of rotatable bonds is 4. The molecular formula is C18H10N8O4. The van der Waals surface area contributed by atoms with Crippen molar-refractivity contribution in [2.75, 3.05) is 0 Å². The predicted octanol–water partition coefficient (Wildman–Crippen LogP) is 2.92. The lowest BCUT2D eigenvalue weighted by Crippen LogP contribution is -1.98. The SMILES string of the molecule is O=[N+]([O-])c1ccc(-c2nnc3n2ccc2nnc(-c4ccc([N+](=O)[O-])cc4)n23)cc1. The topological polar surface area (TPSA) is 147 Å². The highest BCUT2D eigenvalue weighted by atomic mass is 16.6. The van der Waals surface area contributed by atoms with E-state index >= 15 is 0 Å². The van der Waals surface area contributed by atoms with Gasteiger partial charge in [0.25, 0.3) is 11.4 Å². The van der Waals surface area contributed by atoms with E-state index in [0.717, 1.165) is 0 Å². The van der Waals surface area contributed by atoms with E-state index in [0.29, 0.717) is 34.2 Å². The first-order valence-electron chi connectivity index (χ1n) is 8.61. The van der Waals surface area contributed by atoms with Crippen molar-refractivity contribution < 1.29 is 9.85 Å². The number of nitro groups is 2. The summed E-state index contributed by atoms with van der Waals surface area (Å²) in [6.45, 7) is 0. The molecule has 12 nitrogen and oxygen atoms in total. The highest BCUT2D eigenvalue weighted by molar-refractivity contribution is 5.66. The summed E-state index contributed by atoms with van der Waals surface area (Å²) in [6, 6.07) is 13.7. The van der Waals surface area contributed by atoms with Gasteiger partial charge in [-0.3, -0.25) is 24.6 Å². The van der Waals surface area contributed by atoms with Crippen LogP contribution in [0.5, 0.6) is 0 Å². The summed E-state index contributed by atoms with van der Waals surface area (Å²) in [7, 11) is 0. The van der Waals surface area contributed by atoms with Crippen molar-refractivity contribution in [3.05, 3.63) is 81.0 Å². The summed E-state index contributed by atoms with van der Waals surface area (Å²) in [6.07, 6.45) is 1.73. The third-order valence-electron chi connectivity index (χ3n) is 4.61. The van der Waals surface area contributed by atoms with Gasteiger partial charge >= 0.3 is 0 Å². The lowest BCUT2D eigenvalue weighted by atomic mass is 10.2. The van der Waals surface area contributed by atoms with E-state index in [1.165, 1.54) is 24.3 Å². The first kappa shape index (κ1) is 17.4. The molecule has 146 valence electrons. The number of aromatic nitrogens is 6. The van der Waals surface area contributed by atoms with E-state index in [2.05, 4.69) is 20.4 Å². The first-order chi connectivity index (χ1) is 14.5. The monoisotopic (exact) mass is 402 g/mol. The Hall–Kier alpha value is -4.74. The molecular weight excluding hydrogens is 392 g/mol. The van der Waals surface area contributed by atoms with Crippen LogP contribution in [-0.4, -0.2) is 39.0 Å². The van der Waals surface area contributed by atoms with E-state index in [1.807, 2.05) is 0 Å². The second-order valence-corrected chi connectivity index (χ2v) is 6.33. The van der Waals surface area contributed by atoms with Crippen LogP contribution in [-0.2, 0) is 0 Å². The number of fused-ring (bicyclic) bond motifs is 3. The molecule has 0 radical (unpaired) electrons. The summed E-state index contributed by atoms with van der Waals surface area (Å²) < 4.78 is 3.40. The fourth-order valence-electron chi connectivity index (χ4n) is 3.16. The maximum atomic E-state index is 10.9. The third kappa shape index (κ3) is 2.63. The van der Waals surface area contributed by atoms with E-state index in [-0.39, 0.29) is 11.4 Å². The third-order valence-corrected chi connectivity index (χ3v) is 4.61. The van der Waals surface area contributed by atoms with Crippen LogP contribution in [0.3, 0.4) is 0 Å². The van der Waals surface area contributed by atoms with Gasteiger partial charge in [-0.2, -0.15) is 0 Å². The molecule has 0 fully saturated rings. The molecule has 0 N–H and O–H groups in total. The number of benzene rings is 2. The number of hydrogen-bond acceptors (Lipinski definition) is 8. The van der Waals surface area contributed by atoms with Crippen LogP contribution in [0.1, 0.15) is 0 Å². The van der Waals surface area contributed by atoms with Gasteiger partial charge in [0, 0.05) is 47.7 Å². The van der Waals surface area contributed by atoms with Gasteiger partial charge in [0.1, 0.15) is 0 Å². The standard InChI is InChI=1S/C18H10N8O4/c27-25(28)13-5-1-11(2-6-13)16-20-22-18-23(16)10-9-15-19-21-17(24(15)18)12-3-7-14(8-4-12)26(29)30/h1-10H. The van der Waals surface area contributed by atoms with Crippen molar-refractivity contribution >= 4 is 22.8 Å². The summed E-state index contributed by atoms with van der Waals surface area (Å²) in [5.74, 6) is 1.37. The van der Waals surface area contributed by atoms with Gasteiger partial charge in [0.15, 0.2) is 17.3 Å². The average Bonchev–Trinajstić information content (AvgIpc) is 3.38.